The van der Waals surface area contributed by atoms with Gasteiger partial charge in [-0.25, -0.2) is 9.97 Å². The van der Waals surface area contributed by atoms with Gasteiger partial charge in [0.05, 0.1) is 17.8 Å². The molecule has 0 amide bonds. The summed E-state index contributed by atoms with van der Waals surface area (Å²) in [4.78, 5) is 14.1. The smallest absolute Gasteiger partial charge is 0.218 e. The summed E-state index contributed by atoms with van der Waals surface area (Å²) in [5, 5.41) is 0. The molecule has 0 spiro atoms. The van der Waals surface area contributed by atoms with E-state index in [-0.39, 0.29) is 0 Å². The average Bonchev–Trinajstić information content (AvgIpc) is 3.14. The molecule has 0 radical (unpaired) electrons. The molecule has 0 saturated heterocycles. The highest BCUT2D eigenvalue weighted by molar-refractivity contribution is 7.09. The summed E-state index contributed by atoms with van der Waals surface area (Å²) < 4.78 is 5.68. The maximum absolute atomic E-state index is 5.78. The number of thiazole rings is 1. The van der Waals surface area contributed by atoms with Crippen molar-refractivity contribution in [3.8, 4) is 5.88 Å². The summed E-state index contributed by atoms with van der Waals surface area (Å²) >= 11 is 1.66. The fourth-order valence-corrected chi connectivity index (χ4v) is 2.64. The van der Waals surface area contributed by atoms with Gasteiger partial charge < -0.3 is 10.5 Å². The molecule has 0 atom stereocenters. The number of anilines is 1. The van der Waals surface area contributed by atoms with Crippen molar-refractivity contribution in [2.75, 3.05) is 12.3 Å². The molecule has 0 aromatic carbocycles. The van der Waals surface area contributed by atoms with Gasteiger partial charge in [-0.3, -0.25) is 0 Å². The van der Waals surface area contributed by atoms with Crippen molar-refractivity contribution in [1.82, 2.24) is 15.0 Å². The van der Waals surface area contributed by atoms with Gasteiger partial charge in [-0.1, -0.05) is 0 Å². The van der Waals surface area contributed by atoms with Crippen molar-refractivity contribution >= 4 is 17.2 Å². The van der Waals surface area contributed by atoms with Crippen LogP contribution in [0.3, 0.4) is 0 Å². The van der Waals surface area contributed by atoms with E-state index >= 15 is 0 Å². The molecule has 2 N–H and O–H groups in total. The molecule has 1 aliphatic carbocycles. The number of ether oxygens (including phenoxy) is 1. The molecule has 1 fully saturated rings. The van der Waals surface area contributed by atoms with Crippen molar-refractivity contribution in [3.05, 3.63) is 28.0 Å². The number of nitrogen functional groups attached to an aromatic ring is 1. The lowest BCUT2D eigenvalue weighted by Gasteiger charge is -2.07. The number of nitrogens with zero attached hydrogens (tertiary/aromatic N) is 3. The molecule has 6 heteroatoms. The first-order chi connectivity index (χ1) is 9.22. The molecule has 100 valence electrons. The van der Waals surface area contributed by atoms with E-state index in [0.29, 0.717) is 24.2 Å². The van der Waals surface area contributed by atoms with Crippen LogP contribution in [0.25, 0.3) is 0 Å². The lowest BCUT2D eigenvalue weighted by Crippen LogP contribution is -2.06. The first kappa shape index (κ1) is 12.3. The van der Waals surface area contributed by atoms with E-state index < -0.39 is 0 Å². The van der Waals surface area contributed by atoms with E-state index in [0.717, 1.165) is 30.8 Å². The fraction of sp³-hybridized carbons (Fsp3) is 0.462. The molecule has 1 aliphatic rings. The Morgan fingerprint density at radius 3 is 2.95 bits per heavy atom. The zero-order valence-corrected chi connectivity index (χ0v) is 11.6. The van der Waals surface area contributed by atoms with Gasteiger partial charge in [0.15, 0.2) is 0 Å². The van der Waals surface area contributed by atoms with Gasteiger partial charge in [0.1, 0.15) is 11.6 Å². The van der Waals surface area contributed by atoms with Crippen molar-refractivity contribution in [2.45, 2.75) is 32.1 Å². The zero-order chi connectivity index (χ0) is 13.2. The molecule has 2 aromatic heterocycles. The average molecular weight is 276 g/mol. The number of hydrogen-bond donors (Lipinski definition) is 1. The van der Waals surface area contributed by atoms with Crippen LogP contribution in [0.2, 0.25) is 0 Å². The SMILES string of the molecule is Cc1ncsc1CCOc1cc(N)nc(C2CC2)n1. The minimum Gasteiger partial charge on any atom is -0.477 e. The fourth-order valence-electron chi connectivity index (χ4n) is 1.87. The quantitative estimate of drug-likeness (QED) is 0.907. The van der Waals surface area contributed by atoms with Gasteiger partial charge in [-0.2, -0.15) is 4.98 Å². The van der Waals surface area contributed by atoms with Crippen molar-refractivity contribution in [1.29, 1.82) is 0 Å². The summed E-state index contributed by atoms with van der Waals surface area (Å²) in [5.41, 5.74) is 8.71. The normalized spacial score (nSPS) is 14.6. The lowest BCUT2D eigenvalue weighted by molar-refractivity contribution is 0.308. The standard InChI is InChI=1S/C13H16N4OS/c1-8-10(19-7-15-8)4-5-18-12-6-11(14)16-13(17-12)9-2-3-9/h6-7,9H,2-5H2,1H3,(H2,14,16,17). The topological polar surface area (TPSA) is 73.9 Å². The highest BCUT2D eigenvalue weighted by atomic mass is 32.1. The molecule has 1 saturated carbocycles. The Balaban J connectivity index is 1.62. The molecular formula is C13H16N4OS. The first-order valence-electron chi connectivity index (χ1n) is 6.38. The van der Waals surface area contributed by atoms with E-state index in [4.69, 9.17) is 10.5 Å². The molecule has 5 nitrogen and oxygen atoms in total. The van der Waals surface area contributed by atoms with Crippen LogP contribution < -0.4 is 10.5 Å². The third-order valence-electron chi connectivity index (χ3n) is 3.11. The van der Waals surface area contributed by atoms with Crippen LogP contribution in [0.4, 0.5) is 5.82 Å². The summed E-state index contributed by atoms with van der Waals surface area (Å²) in [5.74, 6) is 2.37. The molecule has 3 rings (SSSR count). The maximum Gasteiger partial charge on any atom is 0.218 e. The largest absolute Gasteiger partial charge is 0.477 e. The van der Waals surface area contributed by atoms with Gasteiger partial charge in [-0.05, 0) is 19.8 Å². The predicted molar refractivity (Wildman–Crippen MR) is 74.5 cm³/mol. The van der Waals surface area contributed by atoms with E-state index in [1.807, 2.05) is 12.4 Å². The molecule has 0 unspecified atom stereocenters. The Bertz CT molecular complexity index is 580. The van der Waals surface area contributed by atoms with Crippen LogP contribution in [-0.4, -0.2) is 21.6 Å². The van der Waals surface area contributed by atoms with Crippen LogP contribution in [-0.2, 0) is 6.42 Å². The minimum absolute atomic E-state index is 0.481. The van der Waals surface area contributed by atoms with Crippen LogP contribution in [0, 0.1) is 6.92 Å². The van der Waals surface area contributed by atoms with Gasteiger partial charge in [0.25, 0.3) is 0 Å². The second-order valence-electron chi connectivity index (χ2n) is 4.72. The molecule has 0 bridgehead atoms. The highest BCUT2D eigenvalue weighted by Gasteiger charge is 2.27. The van der Waals surface area contributed by atoms with Gasteiger partial charge in [0, 0.05) is 23.3 Å². The van der Waals surface area contributed by atoms with Crippen LogP contribution in [0.15, 0.2) is 11.6 Å². The molecule has 2 heterocycles. The van der Waals surface area contributed by atoms with Crippen molar-refractivity contribution in [2.24, 2.45) is 0 Å². The summed E-state index contributed by atoms with van der Waals surface area (Å²) in [6.07, 6.45) is 3.16. The zero-order valence-electron chi connectivity index (χ0n) is 10.8. The van der Waals surface area contributed by atoms with Gasteiger partial charge >= 0.3 is 0 Å². The summed E-state index contributed by atoms with van der Waals surface area (Å²) in [6.45, 7) is 2.60. The Hall–Kier alpha value is -1.69. The molecular weight excluding hydrogens is 260 g/mol. The maximum atomic E-state index is 5.78. The van der Waals surface area contributed by atoms with E-state index in [2.05, 4.69) is 15.0 Å². The Morgan fingerprint density at radius 1 is 1.42 bits per heavy atom. The van der Waals surface area contributed by atoms with Crippen molar-refractivity contribution in [3.63, 3.8) is 0 Å². The molecule has 2 aromatic rings. The van der Waals surface area contributed by atoms with Gasteiger partial charge in [-0.15, -0.1) is 11.3 Å². The molecule has 0 aliphatic heterocycles. The van der Waals surface area contributed by atoms with E-state index in [1.165, 1.54) is 4.88 Å². The minimum atomic E-state index is 0.481. The van der Waals surface area contributed by atoms with E-state index in [9.17, 15) is 0 Å². The Morgan fingerprint density at radius 2 is 2.26 bits per heavy atom. The number of nitrogens with two attached hydrogens (primary N) is 1. The van der Waals surface area contributed by atoms with Crippen LogP contribution >= 0.6 is 11.3 Å². The highest BCUT2D eigenvalue weighted by Crippen LogP contribution is 2.38. The summed E-state index contributed by atoms with van der Waals surface area (Å²) in [7, 11) is 0. The number of hydrogen-bond acceptors (Lipinski definition) is 6. The predicted octanol–water partition coefficient (Wildman–Crippen LogP) is 2.32. The third kappa shape index (κ3) is 3.01. The second-order valence-corrected chi connectivity index (χ2v) is 5.66. The van der Waals surface area contributed by atoms with E-state index in [1.54, 1.807) is 17.4 Å². The lowest BCUT2D eigenvalue weighted by atomic mass is 10.3. The Labute approximate surface area is 115 Å². The third-order valence-corrected chi connectivity index (χ3v) is 4.10. The number of rotatable bonds is 5. The van der Waals surface area contributed by atoms with Crippen LogP contribution in [0.5, 0.6) is 5.88 Å². The first-order valence-corrected chi connectivity index (χ1v) is 7.26. The number of aryl methyl sites for hydroxylation is 1. The van der Waals surface area contributed by atoms with Crippen LogP contribution in [0.1, 0.15) is 35.2 Å². The van der Waals surface area contributed by atoms with Gasteiger partial charge in [0.2, 0.25) is 5.88 Å². The number of aromatic nitrogens is 3. The Kier molecular flexibility index (Phi) is 3.33. The van der Waals surface area contributed by atoms with Crippen molar-refractivity contribution < 1.29 is 4.74 Å². The second kappa shape index (κ2) is 5.13. The monoisotopic (exact) mass is 276 g/mol. The summed E-state index contributed by atoms with van der Waals surface area (Å²) in [6, 6.07) is 1.69. The molecule has 19 heavy (non-hydrogen) atoms.